The lowest BCUT2D eigenvalue weighted by Gasteiger charge is -2.27. The van der Waals surface area contributed by atoms with Gasteiger partial charge in [-0.05, 0) is 37.3 Å². The summed E-state index contributed by atoms with van der Waals surface area (Å²) in [6.45, 7) is 1.12. The van der Waals surface area contributed by atoms with E-state index in [9.17, 15) is 14.4 Å². The Morgan fingerprint density at radius 3 is 2.73 bits per heavy atom. The number of aryl methyl sites for hydroxylation is 1. The van der Waals surface area contributed by atoms with E-state index < -0.39 is 18.9 Å². The van der Waals surface area contributed by atoms with Gasteiger partial charge in [-0.25, -0.2) is 4.79 Å². The van der Waals surface area contributed by atoms with Crippen molar-refractivity contribution in [1.82, 2.24) is 4.90 Å². The van der Waals surface area contributed by atoms with E-state index >= 15 is 0 Å². The van der Waals surface area contributed by atoms with Crippen molar-refractivity contribution >= 4 is 17.8 Å². The molecule has 1 aliphatic rings. The molecule has 1 atom stereocenters. The Labute approximate surface area is 153 Å². The van der Waals surface area contributed by atoms with E-state index in [0.29, 0.717) is 12.8 Å². The van der Waals surface area contributed by atoms with Gasteiger partial charge in [0.2, 0.25) is 6.79 Å². The van der Waals surface area contributed by atoms with Crippen LogP contribution < -0.4 is 0 Å². The number of benzene rings is 1. The van der Waals surface area contributed by atoms with Gasteiger partial charge in [-0.3, -0.25) is 9.69 Å². The highest BCUT2D eigenvalue weighted by Gasteiger charge is 2.31. The maximum absolute atomic E-state index is 12.4. The van der Waals surface area contributed by atoms with E-state index in [2.05, 4.69) is 5.92 Å². The van der Waals surface area contributed by atoms with Gasteiger partial charge in [0, 0.05) is 12.8 Å². The number of carbonyl (C=O) groups excluding carboxylic acids is 3. The van der Waals surface area contributed by atoms with Crippen molar-refractivity contribution in [2.24, 2.45) is 0 Å². The first-order valence-corrected chi connectivity index (χ1v) is 8.62. The van der Waals surface area contributed by atoms with Crippen molar-refractivity contribution < 1.29 is 23.9 Å². The molecular weight excluding hydrogens is 334 g/mol. The topological polar surface area (TPSA) is 72.9 Å². The summed E-state index contributed by atoms with van der Waals surface area (Å²) in [6.07, 6.45) is 7.30. The average molecular weight is 357 g/mol. The van der Waals surface area contributed by atoms with Gasteiger partial charge >= 0.3 is 12.1 Å². The van der Waals surface area contributed by atoms with Crippen LogP contribution in [0.3, 0.4) is 0 Å². The molecule has 0 spiro atoms. The fraction of sp³-hybridized carbons (Fsp3) is 0.450. The second kappa shape index (κ2) is 9.62. The Morgan fingerprint density at radius 1 is 1.23 bits per heavy atom. The number of ketones is 1. The predicted octanol–water partition coefficient (Wildman–Crippen LogP) is 3.01. The van der Waals surface area contributed by atoms with Crippen molar-refractivity contribution in [1.29, 1.82) is 0 Å². The van der Waals surface area contributed by atoms with Gasteiger partial charge in [-0.1, -0.05) is 30.2 Å². The predicted molar refractivity (Wildman–Crippen MR) is 95.0 cm³/mol. The summed E-state index contributed by atoms with van der Waals surface area (Å²) in [5, 5.41) is 0. The lowest BCUT2D eigenvalue weighted by atomic mass is 10.1. The van der Waals surface area contributed by atoms with Crippen molar-refractivity contribution in [3.8, 4) is 12.3 Å². The molecule has 0 aromatic heterocycles. The quantitative estimate of drug-likeness (QED) is 0.406. The van der Waals surface area contributed by atoms with Crippen molar-refractivity contribution in [3.63, 3.8) is 0 Å². The van der Waals surface area contributed by atoms with Crippen LogP contribution in [0, 0.1) is 12.3 Å². The first kappa shape index (κ1) is 19.5. The second-order valence-corrected chi connectivity index (χ2v) is 6.19. The molecular formula is C20H23NO5. The van der Waals surface area contributed by atoms with E-state index in [1.807, 2.05) is 24.3 Å². The third kappa shape index (κ3) is 5.35. The molecule has 0 heterocycles. The molecule has 1 aromatic carbocycles. The van der Waals surface area contributed by atoms with Crippen LogP contribution >= 0.6 is 0 Å². The third-order valence-electron chi connectivity index (χ3n) is 4.29. The highest BCUT2D eigenvalue weighted by atomic mass is 16.7. The summed E-state index contributed by atoms with van der Waals surface area (Å²) in [5.41, 5.74) is 2.27. The van der Waals surface area contributed by atoms with E-state index in [0.717, 1.165) is 18.4 Å². The van der Waals surface area contributed by atoms with Gasteiger partial charge in [0.15, 0.2) is 0 Å². The third-order valence-corrected chi connectivity index (χ3v) is 4.29. The Bertz CT molecular complexity index is 706. The maximum atomic E-state index is 12.4. The van der Waals surface area contributed by atoms with Gasteiger partial charge < -0.3 is 14.3 Å². The van der Waals surface area contributed by atoms with Crippen LogP contribution in [0.15, 0.2) is 24.3 Å². The number of hydrogen-bond donors (Lipinski definition) is 0. The molecule has 2 rings (SSSR count). The highest BCUT2D eigenvalue weighted by Crippen LogP contribution is 2.35. The summed E-state index contributed by atoms with van der Waals surface area (Å²) in [4.78, 5) is 36.3. The molecule has 1 aromatic rings. The lowest BCUT2D eigenvalue weighted by Crippen LogP contribution is -2.35. The molecule has 0 radical (unpaired) electrons. The minimum absolute atomic E-state index is 0.0194. The smallest absolute Gasteiger partial charge is 0.413 e. The SMILES string of the molecule is C#CCN(C(=O)OCOC(=O)CCCC(C)=O)[C@@H]1CCc2ccccc21. The summed E-state index contributed by atoms with van der Waals surface area (Å²) in [6, 6.07) is 7.79. The van der Waals surface area contributed by atoms with Crippen LogP contribution in [0.4, 0.5) is 4.79 Å². The zero-order valence-corrected chi connectivity index (χ0v) is 14.9. The normalized spacial score (nSPS) is 14.8. The summed E-state index contributed by atoms with van der Waals surface area (Å²) >= 11 is 0. The number of Topliss-reactive ketones (excluding diaryl/α,β-unsaturated/α-hetero) is 1. The van der Waals surface area contributed by atoms with E-state index in [1.165, 1.54) is 17.4 Å². The van der Waals surface area contributed by atoms with Gasteiger partial charge in [0.25, 0.3) is 0 Å². The minimum atomic E-state index is -0.610. The number of esters is 1. The van der Waals surface area contributed by atoms with E-state index in [-0.39, 0.29) is 24.8 Å². The first-order valence-electron chi connectivity index (χ1n) is 8.62. The number of hydrogen-bond acceptors (Lipinski definition) is 5. The molecule has 6 heteroatoms. The molecule has 0 N–H and O–H groups in total. The Balaban J connectivity index is 1.85. The highest BCUT2D eigenvalue weighted by molar-refractivity contribution is 5.76. The molecule has 0 unspecified atom stereocenters. The molecule has 138 valence electrons. The van der Waals surface area contributed by atoms with Gasteiger partial charge in [-0.2, -0.15) is 0 Å². The molecule has 0 fully saturated rings. The van der Waals surface area contributed by atoms with Gasteiger partial charge in [-0.15, -0.1) is 6.42 Å². The number of rotatable bonds is 8. The number of carbonyl (C=O) groups is 3. The number of terminal acetylenes is 1. The molecule has 1 aliphatic carbocycles. The molecule has 0 saturated carbocycles. The fourth-order valence-electron chi connectivity index (χ4n) is 3.04. The maximum Gasteiger partial charge on any atom is 0.413 e. The fourth-order valence-corrected chi connectivity index (χ4v) is 3.04. The van der Waals surface area contributed by atoms with Crippen molar-refractivity contribution in [2.75, 3.05) is 13.3 Å². The van der Waals surface area contributed by atoms with E-state index in [4.69, 9.17) is 15.9 Å². The molecule has 1 amide bonds. The molecule has 0 aliphatic heterocycles. The number of fused-ring (bicyclic) bond motifs is 1. The Kier molecular flexibility index (Phi) is 7.22. The number of amides is 1. The molecule has 26 heavy (non-hydrogen) atoms. The standard InChI is InChI=1S/C20H23NO5/c1-3-13-21(18-12-11-16-8-4-5-9-17(16)18)20(24)26-14-25-19(23)10-6-7-15(2)22/h1,4-5,8-9,18H,6-7,10-14H2,2H3/t18-/m1/s1. The van der Waals surface area contributed by atoms with Crippen LogP contribution in [0.2, 0.25) is 0 Å². The summed E-state index contributed by atoms with van der Waals surface area (Å²) < 4.78 is 9.95. The molecule has 0 saturated heterocycles. The van der Waals surface area contributed by atoms with Crippen molar-refractivity contribution in [2.45, 2.75) is 45.1 Å². The minimum Gasteiger partial charge on any atom is -0.428 e. The van der Waals surface area contributed by atoms with Crippen LogP contribution in [-0.4, -0.2) is 36.1 Å². The largest absolute Gasteiger partial charge is 0.428 e. The Hall–Kier alpha value is -2.81. The number of ether oxygens (including phenoxy) is 2. The van der Waals surface area contributed by atoms with Gasteiger partial charge in [0.1, 0.15) is 5.78 Å². The lowest BCUT2D eigenvalue weighted by molar-refractivity contribution is -0.152. The Morgan fingerprint density at radius 2 is 2.00 bits per heavy atom. The number of nitrogens with zero attached hydrogens (tertiary/aromatic N) is 1. The summed E-state index contributed by atoms with van der Waals surface area (Å²) in [5.74, 6) is 1.99. The second-order valence-electron chi connectivity index (χ2n) is 6.19. The van der Waals surface area contributed by atoms with Gasteiger partial charge in [0.05, 0.1) is 12.6 Å². The average Bonchev–Trinajstić information content (AvgIpc) is 3.03. The van der Waals surface area contributed by atoms with E-state index in [1.54, 1.807) is 0 Å². The first-order chi connectivity index (χ1) is 12.5. The molecule has 6 nitrogen and oxygen atoms in total. The zero-order chi connectivity index (χ0) is 18.9. The summed E-state index contributed by atoms with van der Waals surface area (Å²) in [7, 11) is 0. The monoisotopic (exact) mass is 357 g/mol. The van der Waals surface area contributed by atoms with Crippen LogP contribution in [0.5, 0.6) is 0 Å². The zero-order valence-electron chi connectivity index (χ0n) is 14.9. The van der Waals surface area contributed by atoms with Crippen LogP contribution in [0.1, 0.15) is 49.8 Å². The van der Waals surface area contributed by atoms with Crippen molar-refractivity contribution in [3.05, 3.63) is 35.4 Å². The molecule has 0 bridgehead atoms. The van der Waals surface area contributed by atoms with Crippen LogP contribution in [0.25, 0.3) is 0 Å². The van der Waals surface area contributed by atoms with Crippen LogP contribution in [-0.2, 0) is 25.5 Å².